The fourth-order valence-electron chi connectivity index (χ4n) is 2.29. The van der Waals surface area contributed by atoms with E-state index in [-0.39, 0.29) is 17.5 Å². The fraction of sp³-hybridized carbons (Fsp3) is 0.375. The lowest BCUT2D eigenvalue weighted by atomic mass is 10.0. The van der Waals surface area contributed by atoms with E-state index in [2.05, 4.69) is 17.4 Å². The fourth-order valence-corrected chi connectivity index (χ4v) is 2.29. The van der Waals surface area contributed by atoms with Crippen molar-refractivity contribution in [2.45, 2.75) is 32.9 Å². The van der Waals surface area contributed by atoms with Crippen LogP contribution in [0.25, 0.3) is 0 Å². The monoisotopic (exact) mass is 269 g/mol. The minimum Gasteiger partial charge on any atom is -0.371 e. The van der Waals surface area contributed by atoms with Crippen LogP contribution in [0.2, 0.25) is 0 Å². The van der Waals surface area contributed by atoms with Crippen LogP contribution < -0.4 is 5.32 Å². The van der Waals surface area contributed by atoms with Crippen LogP contribution in [0.1, 0.15) is 25.0 Å². The van der Waals surface area contributed by atoms with Gasteiger partial charge in [0.25, 0.3) is 5.91 Å². The van der Waals surface area contributed by atoms with E-state index in [0.29, 0.717) is 0 Å². The third kappa shape index (κ3) is 3.39. The molecule has 4 heteroatoms. The average molecular weight is 269 g/mol. The molecule has 104 valence electrons. The van der Waals surface area contributed by atoms with E-state index in [1.807, 2.05) is 36.9 Å². The van der Waals surface area contributed by atoms with Crippen molar-refractivity contribution in [1.82, 2.24) is 10.2 Å². The molecule has 1 heterocycles. The van der Waals surface area contributed by atoms with E-state index in [4.69, 9.17) is 5.26 Å². The van der Waals surface area contributed by atoms with Gasteiger partial charge in [0.2, 0.25) is 0 Å². The zero-order valence-corrected chi connectivity index (χ0v) is 11.9. The second-order valence-electron chi connectivity index (χ2n) is 5.27. The summed E-state index contributed by atoms with van der Waals surface area (Å²) in [5.41, 5.74) is 2.77. The highest BCUT2D eigenvalue weighted by Gasteiger charge is 2.16. The molecule has 0 radical (unpaired) electrons. The Kier molecular flexibility index (Phi) is 4.41. The minimum atomic E-state index is -0.304. The Morgan fingerprint density at radius 3 is 2.75 bits per heavy atom. The van der Waals surface area contributed by atoms with Gasteiger partial charge >= 0.3 is 0 Å². The zero-order chi connectivity index (χ0) is 14.5. The summed E-state index contributed by atoms with van der Waals surface area (Å²) in [6, 6.07) is 10.3. The van der Waals surface area contributed by atoms with E-state index in [1.165, 1.54) is 11.1 Å². The quantitative estimate of drug-likeness (QED) is 0.674. The van der Waals surface area contributed by atoms with Gasteiger partial charge in [0.05, 0.1) is 0 Å². The van der Waals surface area contributed by atoms with E-state index in [0.717, 1.165) is 19.5 Å². The molecule has 0 saturated heterocycles. The smallest absolute Gasteiger partial charge is 0.263 e. The van der Waals surface area contributed by atoms with Crippen LogP contribution >= 0.6 is 0 Å². The first-order valence-electron chi connectivity index (χ1n) is 6.83. The maximum absolute atomic E-state index is 11.9. The lowest BCUT2D eigenvalue weighted by Gasteiger charge is -2.27. The molecule has 0 fully saturated rings. The summed E-state index contributed by atoms with van der Waals surface area (Å²) in [5, 5.41) is 11.9. The molecule has 0 spiro atoms. The molecule has 0 unspecified atom stereocenters. The summed E-state index contributed by atoms with van der Waals surface area (Å²) >= 11 is 0. The number of nitrogens with zero attached hydrogens (tertiary/aromatic N) is 2. The molecular formula is C16H19N3O. The van der Waals surface area contributed by atoms with E-state index in [1.54, 1.807) is 6.20 Å². The minimum absolute atomic E-state index is 0.0290. The van der Waals surface area contributed by atoms with Crippen molar-refractivity contribution in [2.75, 3.05) is 6.54 Å². The molecule has 1 amide bonds. The molecule has 0 bridgehead atoms. The standard InChI is InChI=1S/C16H19N3O/c1-12(2)18-16(20)15(9-17)11-19-8-7-13-5-3-4-6-14(13)10-19/h3-6,11-12H,7-8,10H2,1-2H3,(H,18,20)/b15-11-. The summed E-state index contributed by atoms with van der Waals surface area (Å²) in [6.07, 6.45) is 2.62. The third-order valence-corrected chi connectivity index (χ3v) is 3.26. The van der Waals surface area contributed by atoms with Gasteiger partial charge in [-0.05, 0) is 31.4 Å². The van der Waals surface area contributed by atoms with Crippen molar-refractivity contribution in [3.8, 4) is 6.07 Å². The molecule has 0 atom stereocenters. The normalized spacial score (nSPS) is 14.7. The Balaban J connectivity index is 2.11. The predicted octanol–water partition coefficient (Wildman–Crippen LogP) is 1.98. The molecule has 1 aromatic rings. The number of benzene rings is 1. The number of carbonyl (C=O) groups excluding carboxylic acids is 1. The van der Waals surface area contributed by atoms with Crippen LogP contribution in [-0.2, 0) is 17.8 Å². The Bertz CT molecular complexity index is 569. The first-order valence-corrected chi connectivity index (χ1v) is 6.83. The summed E-state index contributed by atoms with van der Waals surface area (Å²) in [7, 11) is 0. The zero-order valence-electron chi connectivity index (χ0n) is 11.9. The predicted molar refractivity (Wildman–Crippen MR) is 77.5 cm³/mol. The lowest BCUT2D eigenvalue weighted by Crippen LogP contribution is -2.33. The van der Waals surface area contributed by atoms with E-state index in [9.17, 15) is 4.79 Å². The molecule has 0 aliphatic carbocycles. The van der Waals surface area contributed by atoms with Crippen LogP contribution in [0, 0.1) is 11.3 Å². The van der Waals surface area contributed by atoms with Gasteiger partial charge in [-0.1, -0.05) is 24.3 Å². The summed E-state index contributed by atoms with van der Waals surface area (Å²) < 4.78 is 0. The molecule has 1 aromatic carbocycles. The first kappa shape index (κ1) is 14.1. The topological polar surface area (TPSA) is 56.1 Å². The summed E-state index contributed by atoms with van der Waals surface area (Å²) in [5.74, 6) is -0.304. The number of fused-ring (bicyclic) bond motifs is 1. The summed E-state index contributed by atoms with van der Waals surface area (Å²) in [6.45, 7) is 5.33. The average Bonchev–Trinajstić information content (AvgIpc) is 2.43. The largest absolute Gasteiger partial charge is 0.371 e. The molecular weight excluding hydrogens is 250 g/mol. The van der Waals surface area contributed by atoms with Crippen molar-refractivity contribution < 1.29 is 4.79 Å². The van der Waals surface area contributed by atoms with Gasteiger partial charge in [-0.25, -0.2) is 0 Å². The van der Waals surface area contributed by atoms with Crippen molar-refractivity contribution in [3.63, 3.8) is 0 Å². The van der Waals surface area contributed by atoms with Gasteiger partial charge in [0.15, 0.2) is 0 Å². The van der Waals surface area contributed by atoms with Crippen molar-refractivity contribution in [1.29, 1.82) is 5.26 Å². The third-order valence-electron chi connectivity index (χ3n) is 3.26. The molecule has 1 aliphatic rings. The maximum atomic E-state index is 11.9. The van der Waals surface area contributed by atoms with Crippen molar-refractivity contribution in [2.24, 2.45) is 0 Å². The SMILES string of the molecule is CC(C)NC(=O)/C(C#N)=C\N1CCc2ccccc2C1. The van der Waals surface area contributed by atoms with Crippen LogP contribution in [0.4, 0.5) is 0 Å². The molecule has 0 aromatic heterocycles. The second-order valence-corrected chi connectivity index (χ2v) is 5.27. The highest BCUT2D eigenvalue weighted by Crippen LogP contribution is 2.19. The molecule has 0 saturated carbocycles. The molecule has 1 aliphatic heterocycles. The van der Waals surface area contributed by atoms with Gasteiger partial charge in [-0.15, -0.1) is 0 Å². The number of nitrogens with one attached hydrogen (secondary N) is 1. The van der Waals surface area contributed by atoms with E-state index >= 15 is 0 Å². The van der Waals surface area contributed by atoms with Gasteiger partial charge in [-0.3, -0.25) is 4.79 Å². The van der Waals surface area contributed by atoms with Crippen LogP contribution in [-0.4, -0.2) is 23.4 Å². The lowest BCUT2D eigenvalue weighted by molar-refractivity contribution is -0.117. The Hall–Kier alpha value is -2.28. The molecule has 1 N–H and O–H groups in total. The highest BCUT2D eigenvalue weighted by molar-refractivity contribution is 5.97. The van der Waals surface area contributed by atoms with Crippen LogP contribution in [0.5, 0.6) is 0 Å². The van der Waals surface area contributed by atoms with Gasteiger partial charge in [0.1, 0.15) is 11.6 Å². The number of nitriles is 1. The van der Waals surface area contributed by atoms with Gasteiger partial charge < -0.3 is 10.2 Å². The Morgan fingerprint density at radius 1 is 1.40 bits per heavy atom. The van der Waals surface area contributed by atoms with Gasteiger partial charge in [-0.2, -0.15) is 5.26 Å². The van der Waals surface area contributed by atoms with Crippen LogP contribution in [0.15, 0.2) is 36.0 Å². The number of carbonyl (C=O) groups is 1. The molecule has 20 heavy (non-hydrogen) atoms. The second kappa shape index (κ2) is 6.25. The first-order chi connectivity index (χ1) is 9.60. The number of amides is 1. The molecule has 2 rings (SSSR count). The number of hydrogen-bond donors (Lipinski definition) is 1. The summed E-state index contributed by atoms with van der Waals surface area (Å²) in [4.78, 5) is 13.9. The molecule has 4 nitrogen and oxygen atoms in total. The van der Waals surface area contributed by atoms with E-state index < -0.39 is 0 Å². The highest BCUT2D eigenvalue weighted by atomic mass is 16.1. The maximum Gasteiger partial charge on any atom is 0.263 e. The van der Waals surface area contributed by atoms with Gasteiger partial charge in [0, 0.05) is 25.3 Å². The number of hydrogen-bond acceptors (Lipinski definition) is 3. The van der Waals surface area contributed by atoms with Crippen molar-refractivity contribution >= 4 is 5.91 Å². The van der Waals surface area contributed by atoms with Crippen molar-refractivity contribution in [3.05, 3.63) is 47.2 Å². The Labute approximate surface area is 119 Å². The number of rotatable bonds is 3. The van der Waals surface area contributed by atoms with Crippen LogP contribution in [0.3, 0.4) is 0 Å². The Morgan fingerprint density at radius 2 is 2.10 bits per heavy atom.